The molecule has 80 valence electrons. The summed E-state index contributed by atoms with van der Waals surface area (Å²) >= 11 is 0. The van der Waals surface area contributed by atoms with Gasteiger partial charge in [-0.25, -0.2) is 4.99 Å². The fourth-order valence-corrected chi connectivity index (χ4v) is 1.80. The lowest BCUT2D eigenvalue weighted by Crippen LogP contribution is -2.12. The first-order chi connectivity index (χ1) is 7.18. The quantitative estimate of drug-likeness (QED) is 0.723. The first kappa shape index (κ1) is 10.2. The second-order valence-corrected chi connectivity index (χ2v) is 4.31. The molecule has 2 atom stereocenters. The molecule has 0 aliphatic carbocycles. The lowest BCUT2D eigenvalue weighted by atomic mass is 10.0. The summed E-state index contributed by atoms with van der Waals surface area (Å²) in [5, 5.41) is 0. The van der Waals surface area contributed by atoms with Gasteiger partial charge < -0.3 is 4.74 Å². The molecule has 0 spiro atoms. The molecular weight excluding hydrogens is 186 g/mol. The molecule has 1 aliphatic rings. The molecule has 1 aromatic rings. The fourth-order valence-electron chi connectivity index (χ4n) is 1.80. The van der Waals surface area contributed by atoms with Gasteiger partial charge in [0.1, 0.15) is 6.10 Å². The van der Waals surface area contributed by atoms with Crippen molar-refractivity contribution in [2.75, 3.05) is 0 Å². The van der Waals surface area contributed by atoms with Crippen LogP contribution in [-0.2, 0) is 4.74 Å². The van der Waals surface area contributed by atoms with Gasteiger partial charge in [0.15, 0.2) is 5.90 Å². The third-order valence-electron chi connectivity index (χ3n) is 2.64. The molecule has 0 bridgehead atoms. The Balaban J connectivity index is 2.16. The molecule has 15 heavy (non-hydrogen) atoms. The van der Waals surface area contributed by atoms with Gasteiger partial charge in [0, 0.05) is 5.92 Å². The standard InChI is InChI=1S/C13H17NO/c1-9(2)13-14-10(3)12(15-13)11-7-5-4-6-8-11/h4-10,12H,1-3H3. The van der Waals surface area contributed by atoms with E-state index >= 15 is 0 Å². The summed E-state index contributed by atoms with van der Waals surface area (Å²) in [6.45, 7) is 6.32. The summed E-state index contributed by atoms with van der Waals surface area (Å²) < 4.78 is 5.87. The van der Waals surface area contributed by atoms with Gasteiger partial charge in [-0.05, 0) is 12.5 Å². The normalized spacial score (nSPS) is 25.2. The maximum absolute atomic E-state index is 5.87. The van der Waals surface area contributed by atoms with E-state index in [4.69, 9.17) is 4.74 Å². The zero-order chi connectivity index (χ0) is 10.8. The minimum absolute atomic E-state index is 0.101. The van der Waals surface area contributed by atoms with Gasteiger partial charge in [-0.1, -0.05) is 44.2 Å². The maximum atomic E-state index is 5.87. The van der Waals surface area contributed by atoms with Crippen LogP contribution < -0.4 is 0 Å². The number of rotatable bonds is 2. The van der Waals surface area contributed by atoms with Crippen LogP contribution in [0.25, 0.3) is 0 Å². The minimum Gasteiger partial charge on any atom is -0.470 e. The number of hydrogen-bond donors (Lipinski definition) is 0. The first-order valence-electron chi connectivity index (χ1n) is 5.48. The van der Waals surface area contributed by atoms with Crippen LogP contribution in [0.15, 0.2) is 35.3 Å². The van der Waals surface area contributed by atoms with Crippen molar-refractivity contribution in [1.29, 1.82) is 0 Å². The van der Waals surface area contributed by atoms with E-state index in [0.717, 1.165) is 5.90 Å². The molecule has 0 N–H and O–H groups in total. The topological polar surface area (TPSA) is 21.6 Å². The Kier molecular flexibility index (Phi) is 2.76. The lowest BCUT2D eigenvalue weighted by Gasteiger charge is -2.15. The molecule has 0 fully saturated rings. The van der Waals surface area contributed by atoms with Crippen molar-refractivity contribution >= 4 is 5.90 Å². The zero-order valence-electron chi connectivity index (χ0n) is 9.47. The molecule has 1 aromatic carbocycles. The Morgan fingerprint density at radius 1 is 1.20 bits per heavy atom. The van der Waals surface area contributed by atoms with E-state index in [-0.39, 0.29) is 12.1 Å². The van der Waals surface area contributed by atoms with E-state index in [1.54, 1.807) is 0 Å². The smallest absolute Gasteiger partial charge is 0.187 e. The molecule has 0 amide bonds. The maximum Gasteiger partial charge on any atom is 0.187 e. The van der Waals surface area contributed by atoms with Gasteiger partial charge in [0.2, 0.25) is 0 Å². The molecule has 1 heterocycles. The SMILES string of the molecule is CC(C)C1=NC(C)C(c2ccccc2)O1. The van der Waals surface area contributed by atoms with Crippen LogP contribution in [0.2, 0.25) is 0 Å². The van der Waals surface area contributed by atoms with E-state index in [2.05, 4.69) is 37.9 Å². The van der Waals surface area contributed by atoms with Crippen LogP contribution in [0.5, 0.6) is 0 Å². The van der Waals surface area contributed by atoms with Gasteiger partial charge >= 0.3 is 0 Å². The summed E-state index contributed by atoms with van der Waals surface area (Å²) in [5.41, 5.74) is 1.21. The van der Waals surface area contributed by atoms with Crippen molar-refractivity contribution in [2.24, 2.45) is 10.9 Å². The molecule has 1 aliphatic heterocycles. The predicted octanol–water partition coefficient (Wildman–Crippen LogP) is 3.20. The Hall–Kier alpha value is -1.31. The van der Waals surface area contributed by atoms with E-state index in [1.807, 2.05) is 18.2 Å². The highest BCUT2D eigenvalue weighted by atomic mass is 16.5. The summed E-state index contributed by atoms with van der Waals surface area (Å²) in [5.74, 6) is 1.26. The minimum atomic E-state index is 0.101. The highest BCUT2D eigenvalue weighted by Gasteiger charge is 2.29. The number of ether oxygens (including phenoxy) is 1. The van der Waals surface area contributed by atoms with E-state index in [9.17, 15) is 0 Å². The van der Waals surface area contributed by atoms with Crippen LogP contribution >= 0.6 is 0 Å². The molecule has 2 unspecified atom stereocenters. The summed E-state index contributed by atoms with van der Waals surface area (Å²) in [4.78, 5) is 4.54. The molecular formula is C13H17NO. The van der Waals surface area contributed by atoms with Gasteiger partial charge in [-0.15, -0.1) is 0 Å². The Bertz CT molecular complexity index is 356. The van der Waals surface area contributed by atoms with Crippen molar-refractivity contribution in [3.8, 4) is 0 Å². The van der Waals surface area contributed by atoms with Crippen molar-refractivity contribution in [3.05, 3.63) is 35.9 Å². The third kappa shape index (κ3) is 2.04. The molecule has 0 saturated carbocycles. The second-order valence-electron chi connectivity index (χ2n) is 4.31. The summed E-state index contributed by atoms with van der Waals surface area (Å²) in [6, 6.07) is 10.5. The highest BCUT2D eigenvalue weighted by Crippen LogP contribution is 2.30. The Labute approximate surface area is 91.0 Å². The molecule has 2 nitrogen and oxygen atoms in total. The van der Waals surface area contributed by atoms with Gasteiger partial charge in [-0.3, -0.25) is 0 Å². The van der Waals surface area contributed by atoms with E-state index in [0.29, 0.717) is 5.92 Å². The van der Waals surface area contributed by atoms with Gasteiger partial charge in [0.25, 0.3) is 0 Å². The molecule has 2 rings (SSSR count). The van der Waals surface area contributed by atoms with Crippen molar-refractivity contribution < 1.29 is 4.74 Å². The highest BCUT2D eigenvalue weighted by molar-refractivity contribution is 5.80. The van der Waals surface area contributed by atoms with Crippen LogP contribution in [0.1, 0.15) is 32.4 Å². The number of hydrogen-bond acceptors (Lipinski definition) is 2. The van der Waals surface area contributed by atoms with Crippen molar-refractivity contribution in [1.82, 2.24) is 0 Å². The number of benzene rings is 1. The van der Waals surface area contributed by atoms with Crippen LogP contribution in [-0.4, -0.2) is 11.9 Å². The molecule has 2 heteroatoms. The predicted molar refractivity (Wildman–Crippen MR) is 62.0 cm³/mol. The van der Waals surface area contributed by atoms with Crippen molar-refractivity contribution in [2.45, 2.75) is 32.9 Å². The Morgan fingerprint density at radius 3 is 2.40 bits per heavy atom. The van der Waals surface area contributed by atoms with E-state index in [1.165, 1.54) is 5.56 Å². The largest absolute Gasteiger partial charge is 0.470 e. The molecule has 0 aromatic heterocycles. The van der Waals surface area contributed by atoms with Crippen LogP contribution in [0.3, 0.4) is 0 Å². The Morgan fingerprint density at radius 2 is 1.87 bits per heavy atom. The molecule has 0 saturated heterocycles. The third-order valence-corrected chi connectivity index (χ3v) is 2.64. The summed E-state index contributed by atoms with van der Waals surface area (Å²) in [7, 11) is 0. The number of nitrogens with zero attached hydrogens (tertiary/aromatic N) is 1. The zero-order valence-corrected chi connectivity index (χ0v) is 9.47. The van der Waals surface area contributed by atoms with E-state index < -0.39 is 0 Å². The van der Waals surface area contributed by atoms with Crippen LogP contribution in [0.4, 0.5) is 0 Å². The average molecular weight is 203 g/mol. The molecule has 0 radical (unpaired) electrons. The van der Waals surface area contributed by atoms with Crippen molar-refractivity contribution in [3.63, 3.8) is 0 Å². The average Bonchev–Trinajstić information content (AvgIpc) is 2.62. The van der Waals surface area contributed by atoms with Gasteiger partial charge in [0.05, 0.1) is 6.04 Å². The van der Waals surface area contributed by atoms with Crippen LogP contribution in [0, 0.1) is 5.92 Å². The van der Waals surface area contributed by atoms with Gasteiger partial charge in [-0.2, -0.15) is 0 Å². The fraction of sp³-hybridized carbons (Fsp3) is 0.462. The number of aliphatic imine (C=N–C) groups is 1. The first-order valence-corrected chi connectivity index (χ1v) is 5.48. The lowest BCUT2D eigenvalue weighted by molar-refractivity contribution is 0.192. The monoisotopic (exact) mass is 203 g/mol. The second kappa shape index (κ2) is 4.05. The summed E-state index contributed by atoms with van der Waals surface area (Å²) in [6.07, 6.45) is 0.101.